The van der Waals surface area contributed by atoms with Crippen LogP contribution in [0.3, 0.4) is 0 Å². The van der Waals surface area contributed by atoms with E-state index in [9.17, 15) is 4.79 Å². The van der Waals surface area contributed by atoms with Crippen LogP contribution in [0.5, 0.6) is 5.75 Å². The fourth-order valence-corrected chi connectivity index (χ4v) is 1.87. The van der Waals surface area contributed by atoms with E-state index in [4.69, 9.17) is 14.9 Å². The van der Waals surface area contributed by atoms with Gasteiger partial charge in [0.2, 0.25) is 0 Å². The SMILES string of the molecule is COc1cc(CNC(=O)c2coc(CN)c2)ccc1C.Cl. The molecule has 0 bridgehead atoms. The van der Waals surface area contributed by atoms with Crippen molar-refractivity contribution in [1.29, 1.82) is 0 Å². The van der Waals surface area contributed by atoms with Gasteiger partial charge in [0.1, 0.15) is 17.8 Å². The Balaban J connectivity index is 0.00000220. The van der Waals surface area contributed by atoms with Gasteiger partial charge < -0.3 is 20.2 Å². The predicted octanol–water partition coefficient (Wildman–Crippen LogP) is 2.41. The topological polar surface area (TPSA) is 77.5 Å². The molecule has 6 heteroatoms. The van der Waals surface area contributed by atoms with Gasteiger partial charge in [-0.2, -0.15) is 0 Å². The van der Waals surface area contributed by atoms with Gasteiger partial charge in [0, 0.05) is 6.54 Å². The number of furan rings is 1. The van der Waals surface area contributed by atoms with Gasteiger partial charge in [0.15, 0.2) is 0 Å². The van der Waals surface area contributed by atoms with Gasteiger partial charge in [-0.3, -0.25) is 4.79 Å². The number of nitrogens with one attached hydrogen (secondary N) is 1. The average molecular weight is 311 g/mol. The first-order chi connectivity index (χ1) is 9.63. The van der Waals surface area contributed by atoms with E-state index >= 15 is 0 Å². The van der Waals surface area contributed by atoms with Crippen LogP contribution in [0.15, 0.2) is 34.9 Å². The lowest BCUT2D eigenvalue weighted by molar-refractivity contribution is 0.0950. The summed E-state index contributed by atoms with van der Waals surface area (Å²) in [5.74, 6) is 1.21. The molecule has 0 saturated heterocycles. The van der Waals surface area contributed by atoms with Crippen molar-refractivity contribution in [2.45, 2.75) is 20.0 Å². The maximum atomic E-state index is 11.9. The van der Waals surface area contributed by atoms with Gasteiger partial charge in [0.05, 0.1) is 19.2 Å². The van der Waals surface area contributed by atoms with Crippen molar-refractivity contribution in [2.75, 3.05) is 7.11 Å². The normalized spacial score (nSPS) is 9.86. The lowest BCUT2D eigenvalue weighted by atomic mass is 10.1. The Hall–Kier alpha value is -1.98. The summed E-state index contributed by atoms with van der Waals surface area (Å²) >= 11 is 0. The highest BCUT2D eigenvalue weighted by atomic mass is 35.5. The zero-order valence-electron chi connectivity index (χ0n) is 12.0. The molecule has 0 atom stereocenters. The van der Waals surface area contributed by atoms with E-state index in [1.807, 2.05) is 25.1 Å². The molecule has 1 heterocycles. The standard InChI is InChI=1S/C15H18N2O3.ClH/c1-10-3-4-11(5-14(10)19-2)8-17-15(18)12-6-13(7-16)20-9-12;/h3-6,9H,7-8,16H2,1-2H3,(H,17,18);1H. The maximum absolute atomic E-state index is 11.9. The number of aryl methyl sites for hydroxylation is 1. The lowest BCUT2D eigenvalue weighted by Crippen LogP contribution is -2.22. The van der Waals surface area contributed by atoms with Crippen LogP contribution in [0, 0.1) is 6.92 Å². The van der Waals surface area contributed by atoms with Gasteiger partial charge >= 0.3 is 0 Å². The Kier molecular flexibility index (Phi) is 6.27. The second kappa shape index (κ2) is 7.71. The molecule has 1 amide bonds. The minimum atomic E-state index is -0.187. The van der Waals surface area contributed by atoms with E-state index in [1.54, 1.807) is 13.2 Å². The molecule has 0 radical (unpaired) electrons. The first-order valence-electron chi connectivity index (χ1n) is 6.33. The Morgan fingerprint density at radius 2 is 2.14 bits per heavy atom. The van der Waals surface area contributed by atoms with Crippen molar-refractivity contribution in [3.8, 4) is 5.75 Å². The van der Waals surface area contributed by atoms with Gasteiger partial charge in [-0.1, -0.05) is 12.1 Å². The van der Waals surface area contributed by atoms with E-state index in [-0.39, 0.29) is 24.9 Å². The van der Waals surface area contributed by atoms with Gasteiger partial charge in [-0.05, 0) is 30.2 Å². The Labute approximate surface area is 129 Å². The van der Waals surface area contributed by atoms with Crippen LogP contribution in [0.1, 0.15) is 27.2 Å². The van der Waals surface area contributed by atoms with Crippen molar-refractivity contribution in [3.63, 3.8) is 0 Å². The molecule has 0 aliphatic rings. The van der Waals surface area contributed by atoms with E-state index in [2.05, 4.69) is 5.32 Å². The molecule has 2 rings (SSSR count). The van der Waals surface area contributed by atoms with Crippen LogP contribution in [-0.4, -0.2) is 13.0 Å². The van der Waals surface area contributed by atoms with Gasteiger partial charge in [-0.15, -0.1) is 12.4 Å². The molecule has 2 aromatic rings. The third-order valence-corrected chi connectivity index (χ3v) is 3.04. The maximum Gasteiger partial charge on any atom is 0.254 e. The van der Waals surface area contributed by atoms with E-state index in [1.165, 1.54) is 6.26 Å². The monoisotopic (exact) mass is 310 g/mol. The fourth-order valence-electron chi connectivity index (χ4n) is 1.87. The number of ether oxygens (including phenoxy) is 1. The zero-order valence-corrected chi connectivity index (χ0v) is 12.8. The number of halogens is 1. The summed E-state index contributed by atoms with van der Waals surface area (Å²) in [6.45, 7) is 2.68. The molecule has 0 fully saturated rings. The van der Waals surface area contributed by atoms with Crippen molar-refractivity contribution < 1.29 is 13.9 Å². The molecule has 0 saturated carbocycles. The minimum absolute atomic E-state index is 0. The van der Waals surface area contributed by atoms with Crippen LogP contribution < -0.4 is 15.8 Å². The van der Waals surface area contributed by atoms with Crippen molar-refractivity contribution in [2.24, 2.45) is 5.73 Å². The Morgan fingerprint density at radius 1 is 1.38 bits per heavy atom. The fraction of sp³-hybridized carbons (Fsp3) is 0.267. The van der Waals surface area contributed by atoms with Gasteiger partial charge in [-0.25, -0.2) is 0 Å². The van der Waals surface area contributed by atoms with Crippen molar-refractivity contribution in [3.05, 3.63) is 53.0 Å². The number of carbonyl (C=O) groups is 1. The molecule has 114 valence electrons. The number of methoxy groups -OCH3 is 1. The van der Waals surface area contributed by atoms with Crippen LogP contribution in [0.4, 0.5) is 0 Å². The number of amides is 1. The molecular formula is C15H19ClN2O3. The molecule has 0 aliphatic heterocycles. The lowest BCUT2D eigenvalue weighted by Gasteiger charge is -2.08. The molecule has 3 N–H and O–H groups in total. The third kappa shape index (κ3) is 4.24. The Morgan fingerprint density at radius 3 is 2.76 bits per heavy atom. The zero-order chi connectivity index (χ0) is 14.5. The molecular weight excluding hydrogens is 292 g/mol. The van der Waals surface area contributed by atoms with E-state index in [0.717, 1.165) is 16.9 Å². The summed E-state index contributed by atoms with van der Waals surface area (Å²) in [7, 11) is 1.63. The molecule has 21 heavy (non-hydrogen) atoms. The second-order valence-corrected chi connectivity index (χ2v) is 4.49. The van der Waals surface area contributed by atoms with E-state index in [0.29, 0.717) is 17.9 Å². The molecule has 1 aromatic carbocycles. The highest BCUT2D eigenvalue weighted by Crippen LogP contribution is 2.18. The molecule has 0 spiro atoms. The quantitative estimate of drug-likeness (QED) is 0.889. The smallest absolute Gasteiger partial charge is 0.254 e. The summed E-state index contributed by atoms with van der Waals surface area (Å²) in [5.41, 5.74) is 7.95. The number of hydrogen-bond acceptors (Lipinski definition) is 4. The first-order valence-corrected chi connectivity index (χ1v) is 6.33. The molecule has 5 nitrogen and oxygen atoms in total. The van der Waals surface area contributed by atoms with Crippen LogP contribution in [0.25, 0.3) is 0 Å². The summed E-state index contributed by atoms with van der Waals surface area (Å²) < 4.78 is 10.4. The number of carbonyl (C=O) groups excluding carboxylic acids is 1. The highest BCUT2D eigenvalue weighted by molar-refractivity contribution is 5.93. The molecule has 1 aromatic heterocycles. The van der Waals surface area contributed by atoms with E-state index < -0.39 is 0 Å². The van der Waals surface area contributed by atoms with Gasteiger partial charge in [0.25, 0.3) is 5.91 Å². The first kappa shape index (κ1) is 17.1. The average Bonchev–Trinajstić information content (AvgIpc) is 2.95. The number of nitrogens with two attached hydrogens (primary N) is 1. The number of hydrogen-bond donors (Lipinski definition) is 2. The molecule has 0 aliphatic carbocycles. The van der Waals surface area contributed by atoms with Crippen LogP contribution >= 0.6 is 12.4 Å². The second-order valence-electron chi connectivity index (χ2n) is 4.49. The van der Waals surface area contributed by atoms with Crippen LogP contribution in [0.2, 0.25) is 0 Å². The minimum Gasteiger partial charge on any atom is -0.496 e. The van der Waals surface area contributed by atoms with Crippen molar-refractivity contribution in [1.82, 2.24) is 5.32 Å². The van der Waals surface area contributed by atoms with Crippen molar-refractivity contribution >= 4 is 18.3 Å². The summed E-state index contributed by atoms with van der Waals surface area (Å²) in [6.07, 6.45) is 1.41. The summed E-state index contributed by atoms with van der Waals surface area (Å²) in [5, 5.41) is 2.83. The summed E-state index contributed by atoms with van der Waals surface area (Å²) in [6, 6.07) is 7.48. The largest absolute Gasteiger partial charge is 0.496 e. The molecule has 0 unspecified atom stereocenters. The number of rotatable bonds is 5. The number of benzene rings is 1. The Bertz CT molecular complexity index is 611. The third-order valence-electron chi connectivity index (χ3n) is 3.04. The highest BCUT2D eigenvalue weighted by Gasteiger charge is 2.09. The van der Waals surface area contributed by atoms with Crippen LogP contribution in [-0.2, 0) is 13.1 Å². The summed E-state index contributed by atoms with van der Waals surface area (Å²) in [4.78, 5) is 11.9. The predicted molar refractivity (Wildman–Crippen MR) is 82.7 cm³/mol.